The van der Waals surface area contributed by atoms with Crippen LogP contribution in [-0.2, 0) is 9.53 Å². The van der Waals surface area contributed by atoms with E-state index in [1.165, 1.54) is 27.2 Å². The predicted molar refractivity (Wildman–Crippen MR) is 81.6 cm³/mol. The number of amides is 3. The number of imide groups is 1. The average Bonchev–Trinajstić information content (AvgIpc) is 2.53. The van der Waals surface area contributed by atoms with Crippen LogP contribution in [0.3, 0.4) is 0 Å². The van der Waals surface area contributed by atoms with E-state index in [4.69, 9.17) is 14.2 Å². The SMILES string of the molecule is CCNC(=O)NC(=O)C(C)OC(=O)c1cccc(OC)c1OC. The molecular weight excluding hydrogens is 304 g/mol. The van der Waals surface area contributed by atoms with E-state index in [1.807, 2.05) is 0 Å². The standard InChI is InChI=1S/C15H20N2O6/c1-5-16-15(20)17-13(18)9(2)23-14(19)10-7-6-8-11(21-3)12(10)22-4/h6-9H,5H2,1-4H3,(H2,16,17,18,20). The van der Waals surface area contributed by atoms with E-state index < -0.39 is 24.0 Å². The first-order valence-electron chi connectivity index (χ1n) is 6.95. The zero-order valence-corrected chi connectivity index (χ0v) is 13.5. The Morgan fingerprint density at radius 3 is 2.43 bits per heavy atom. The number of carbonyl (C=O) groups excluding carboxylic acids is 3. The lowest BCUT2D eigenvalue weighted by Gasteiger charge is -2.15. The Bertz CT molecular complexity index is 587. The molecule has 0 saturated heterocycles. The van der Waals surface area contributed by atoms with Gasteiger partial charge in [0, 0.05) is 6.54 Å². The highest BCUT2D eigenvalue weighted by atomic mass is 16.6. The molecule has 23 heavy (non-hydrogen) atoms. The van der Waals surface area contributed by atoms with Gasteiger partial charge in [0.25, 0.3) is 5.91 Å². The maximum atomic E-state index is 12.2. The Labute approximate surface area is 134 Å². The van der Waals surface area contributed by atoms with E-state index in [0.29, 0.717) is 12.3 Å². The summed E-state index contributed by atoms with van der Waals surface area (Å²) in [5.74, 6) is -0.928. The van der Waals surface area contributed by atoms with E-state index in [0.717, 1.165) is 0 Å². The van der Waals surface area contributed by atoms with Crippen molar-refractivity contribution in [3.8, 4) is 11.5 Å². The first-order valence-corrected chi connectivity index (χ1v) is 6.95. The molecule has 0 spiro atoms. The molecule has 0 radical (unpaired) electrons. The van der Waals surface area contributed by atoms with Crippen LogP contribution < -0.4 is 20.1 Å². The van der Waals surface area contributed by atoms with Crippen LogP contribution in [0.2, 0.25) is 0 Å². The van der Waals surface area contributed by atoms with Gasteiger partial charge in [-0.05, 0) is 26.0 Å². The number of methoxy groups -OCH3 is 2. The minimum atomic E-state index is -1.15. The fourth-order valence-corrected chi connectivity index (χ4v) is 1.74. The highest BCUT2D eigenvalue weighted by Crippen LogP contribution is 2.31. The Hall–Kier alpha value is -2.77. The van der Waals surface area contributed by atoms with Gasteiger partial charge in [0.1, 0.15) is 5.56 Å². The zero-order chi connectivity index (χ0) is 17.4. The molecule has 0 aliphatic carbocycles. The molecule has 1 rings (SSSR count). The van der Waals surface area contributed by atoms with Crippen LogP contribution in [0.25, 0.3) is 0 Å². The molecule has 0 heterocycles. The van der Waals surface area contributed by atoms with Crippen LogP contribution in [0.1, 0.15) is 24.2 Å². The molecule has 1 atom stereocenters. The van der Waals surface area contributed by atoms with Gasteiger partial charge in [-0.25, -0.2) is 9.59 Å². The van der Waals surface area contributed by atoms with Crippen molar-refractivity contribution < 1.29 is 28.6 Å². The molecule has 0 aliphatic heterocycles. The van der Waals surface area contributed by atoms with Gasteiger partial charge in [-0.1, -0.05) is 6.07 Å². The second kappa shape index (κ2) is 8.62. The molecule has 0 fully saturated rings. The van der Waals surface area contributed by atoms with Gasteiger partial charge in [0.15, 0.2) is 17.6 Å². The van der Waals surface area contributed by atoms with E-state index in [9.17, 15) is 14.4 Å². The molecule has 8 heteroatoms. The minimum Gasteiger partial charge on any atom is -0.493 e. The van der Waals surface area contributed by atoms with Gasteiger partial charge >= 0.3 is 12.0 Å². The van der Waals surface area contributed by atoms with Gasteiger partial charge in [0.2, 0.25) is 0 Å². The summed E-state index contributed by atoms with van der Waals surface area (Å²) >= 11 is 0. The zero-order valence-electron chi connectivity index (χ0n) is 13.5. The summed E-state index contributed by atoms with van der Waals surface area (Å²) in [6, 6.07) is 4.05. The number of esters is 1. The molecule has 0 aromatic heterocycles. The van der Waals surface area contributed by atoms with E-state index in [-0.39, 0.29) is 11.3 Å². The second-order valence-electron chi connectivity index (χ2n) is 4.44. The molecule has 1 unspecified atom stereocenters. The quantitative estimate of drug-likeness (QED) is 0.760. The highest BCUT2D eigenvalue weighted by Gasteiger charge is 2.24. The number of carbonyl (C=O) groups is 3. The summed E-state index contributed by atoms with van der Waals surface area (Å²) in [5, 5.41) is 4.47. The molecule has 1 aromatic carbocycles. The first kappa shape index (κ1) is 18.3. The molecule has 126 valence electrons. The van der Waals surface area contributed by atoms with Gasteiger partial charge < -0.3 is 19.5 Å². The lowest BCUT2D eigenvalue weighted by atomic mass is 10.2. The Morgan fingerprint density at radius 2 is 1.87 bits per heavy atom. The van der Waals surface area contributed by atoms with Crippen LogP contribution >= 0.6 is 0 Å². The average molecular weight is 324 g/mol. The van der Waals surface area contributed by atoms with Crippen molar-refractivity contribution in [1.29, 1.82) is 0 Å². The summed E-state index contributed by atoms with van der Waals surface area (Å²) in [7, 11) is 2.83. The summed E-state index contributed by atoms with van der Waals surface area (Å²) < 4.78 is 15.3. The molecule has 8 nitrogen and oxygen atoms in total. The first-order chi connectivity index (χ1) is 10.9. The summed E-state index contributed by atoms with van der Waals surface area (Å²) in [6.45, 7) is 3.44. The van der Waals surface area contributed by atoms with Crippen molar-refractivity contribution in [2.75, 3.05) is 20.8 Å². The van der Waals surface area contributed by atoms with Crippen molar-refractivity contribution in [2.45, 2.75) is 20.0 Å². The maximum absolute atomic E-state index is 12.2. The summed E-state index contributed by atoms with van der Waals surface area (Å²) in [6.07, 6.45) is -1.15. The van der Waals surface area contributed by atoms with Crippen molar-refractivity contribution in [2.24, 2.45) is 0 Å². The van der Waals surface area contributed by atoms with E-state index in [2.05, 4.69) is 10.6 Å². The van der Waals surface area contributed by atoms with Crippen LogP contribution in [0.4, 0.5) is 4.79 Å². The van der Waals surface area contributed by atoms with Crippen LogP contribution in [0.5, 0.6) is 11.5 Å². The Balaban J connectivity index is 2.79. The predicted octanol–water partition coefficient (Wildman–Crippen LogP) is 1.09. The number of benzene rings is 1. The smallest absolute Gasteiger partial charge is 0.342 e. The van der Waals surface area contributed by atoms with Crippen molar-refractivity contribution in [3.63, 3.8) is 0 Å². The minimum absolute atomic E-state index is 0.115. The lowest BCUT2D eigenvalue weighted by Crippen LogP contribution is -2.44. The second-order valence-corrected chi connectivity index (χ2v) is 4.44. The fraction of sp³-hybridized carbons (Fsp3) is 0.400. The van der Waals surface area contributed by atoms with E-state index >= 15 is 0 Å². The van der Waals surface area contributed by atoms with Gasteiger partial charge in [-0.15, -0.1) is 0 Å². The molecule has 2 N–H and O–H groups in total. The third-order valence-electron chi connectivity index (χ3n) is 2.85. The lowest BCUT2D eigenvalue weighted by molar-refractivity contribution is -0.127. The highest BCUT2D eigenvalue weighted by molar-refractivity contribution is 5.99. The maximum Gasteiger partial charge on any atom is 0.342 e. The Morgan fingerprint density at radius 1 is 1.17 bits per heavy atom. The molecule has 3 amide bonds. The van der Waals surface area contributed by atoms with Crippen molar-refractivity contribution >= 4 is 17.9 Å². The number of hydrogen-bond donors (Lipinski definition) is 2. The number of nitrogens with one attached hydrogen (secondary N) is 2. The topological polar surface area (TPSA) is 103 Å². The van der Waals surface area contributed by atoms with Gasteiger partial charge in [-0.2, -0.15) is 0 Å². The number of para-hydroxylation sites is 1. The third kappa shape index (κ3) is 4.87. The molecule has 0 bridgehead atoms. The third-order valence-corrected chi connectivity index (χ3v) is 2.85. The van der Waals surface area contributed by atoms with Crippen LogP contribution in [-0.4, -0.2) is 44.8 Å². The van der Waals surface area contributed by atoms with Gasteiger partial charge in [0.05, 0.1) is 14.2 Å². The van der Waals surface area contributed by atoms with Crippen LogP contribution in [0.15, 0.2) is 18.2 Å². The summed E-state index contributed by atoms with van der Waals surface area (Å²) in [5.41, 5.74) is 0.115. The number of urea groups is 1. The fourth-order valence-electron chi connectivity index (χ4n) is 1.74. The Kier molecular flexibility index (Phi) is 6.85. The largest absolute Gasteiger partial charge is 0.493 e. The number of rotatable bonds is 6. The molecular formula is C15H20N2O6. The number of ether oxygens (including phenoxy) is 3. The van der Waals surface area contributed by atoms with E-state index in [1.54, 1.807) is 19.1 Å². The van der Waals surface area contributed by atoms with Crippen molar-refractivity contribution in [3.05, 3.63) is 23.8 Å². The molecule has 0 aliphatic rings. The molecule has 0 saturated carbocycles. The number of hydrogen-bond acceptors (Lipinski definition) is 6. The van der Waals surface area contributed by atoms with Crippen molar-refractivity contribution in [1.82, 2.24) is 10.6 Å². The molecule has 1 aromatic rings. The summed E-state index contributed by atoms with van der Waals surface area (Å²) in [4.78, 5) is 35.2. The van der Waals surface area contributed by atoms with Crippen LogP contribution in [0, 0.1) is 0 Å². The monoisotopic (exact) mass is 324 g/mol. The van der Waals surface area contributed by atoms with Gasteiger partial charge in [-0.3, -0.25) is 10.1 Å². The normalized spacial score (nSPS) is 11.1.